The van der Waals surface area contributed by atoms with Crippen molar-refractivity contribution in [2.24, 2.45) is 0 Å². The first-order chi connectivity index (χ1) is 12.0. The van der Waals surface area contributed by atoms with Crippen molar-refractivity contribution in [3.63, 3.8) is 0 Å². The van der Waals surface area contributed by atoms with Crippen molar-refractivity contribution in [1.29, 1.82) is 0 Å². The lowest BCUT2D eigenvalue weighted by Gasteiger charge is -2.27. The van der Waals surface area contributed by atoms with E-state index in [2.05, 4.69) is 25.9 Å². The predicted octanol–water partition coefficient (Wildman–Crippen LogP) is 0.181. The number of carboxylic acids is 1. The summed E-state index contributed by atoms with van der Waals surface area (Å²) in [7, 11) is 0. The highest BCUT2D eigenvalue weighted by atomic mass is 16.4. The molecule has 1 unspecified atom stereocenters. The molecule has 25 heavy (non-hydrogen) atoms. The van der Waals surface area contributed by atoms with Gasteiger partial charge in [0.2, 0.25) is 5.95 Å². The number of aromatic nitrogens is 2. The first kappa shape index (κ1) is 16.3. The number of H-pyrrole nitrogens is 1. The number of carbonyl (C=O) groups is 2. The van der Waals surface area contributed by atoms with E-state index in [4.69, 9.17) is 10.8 Å². The highest BCUT2D eigenvalue weighted by Crippen LogP contribution is 2.20. The van der Waals surface area contributed by atoms with Crippen molar-refractivity contribution < 1.29 is 14.7 Å². The molecule has 0 saturated carbocycles. The molecule has 0 bridgehead atoms. The van der Waals surface area contributed by atoms with Crippen LogP contribution in [-0.2, 0) is 0 Å². The summed E-state index contributed by atoms with van der Waals surface area (Å²) in [6.07, 6.45) is 0.501. The molecule has 0 aliphatic carbocycles. The lowest BCUT2D eigenvalue weighted by Crippen LogP contribution is -2.41. The van der Waals surface area contributed by atoms with E-state index in [1.165, 1.54) is 12.1 Å². The van der Waals surface area contributed by atoms with Crippen molar-refractivity contribution in [2.75, 3.05) is 34.8 Å². The van der Waals surface area contributed by atoms with E-state index >= 15 is 0 Å². The average molecular weight is 344 g/mol. The van der Waals surface area contributed by atoms with E-state index in [-0.39, 0.29) is 28.7 Å². The number of benzene rings is 1. The molecule has 3 rings (SSSR count). The molecule has 130 valence electrons. The van der Waals surface area contributed by atoms with Gasteiger partial charge in [-0.15, -0.1) is 0 Å². The van der Waals surface area contributed by atoms with Crippen molar-refractivity contribution in [3.8, 4) is 0 Å². The molecular formula is C15H16N6O4. The summed E-state index contributed by atoms with van der Waals surface area (Å²) in [4.78, 5) is 40.4. The molecule has 10 nitrogen and oxygen atoms in total. The summed E-state index contributed by atoms with van der Waals surface area (Å²) >= 11 is 0. The molecule has 1 atom stereocenters. The quantitative estimate of drug-likeness (QED) is 0.415. The number of aromatic carboxylic acids is 1. The van der Waals surface area contributed by atoms with E-state index in [0.29, 0.717) is 36.6 Å². The molecule has 0 fully saturated rings. The first-order valence-electron chi connectivity index (χ1n) is 7.44. The van der Waals surface area contributed by atoms with Gasteiger partial charge in [-0.1, -0.05) is 0 Å². The van der Waals surface area contributed by atoms with Gasteiger partial charge in [0.05, 0.1) is 11.6 Å². The zero-order chi connectivity index (χ0) is 18.0. The van der Waals surface area contributed by atoms with Gasteiger partial charge in [0.1, 0.15) is 5.69 Å². The number of nitrogen functional groups attached to an aromatic ring is 1. The fourth-order valence-electron chi connectivity index (χ4n) is 2.56. The molecule has 0 radical (unpaired) electrons. The minimum absolute atomic E-state index is 0.0366. The van der Waals surface area contributed by atoms with Crippen LogP contribution in [0, 0.1) is 0 Å². The number of carbonyl (C=O) groups excluding carboxylic acids is 1. The Hall–Kier alpha value is -3.56. The molecule has 0 saturated heterocycles. The highest BCUT2D eigenvalue weighted by Gasteiger charge is 2.21. The van der Waals surface area contributed by atoms with Gasteiger partial charge in [0, 0.05) is 24.3 Å². The Balaban J connectivity index is 1.70. The van der Waals surface area contributed by atoms with Crippen LogP contribution in [0.2, 0.25) is 0 Å². The van der Waals surface area contributed by atoms with Gasteiger partial charge >= 0.3 is 5.97 Å². The second-order valence-electron chi connectivity index (χ2n) is 5.50. The summed E-state index contributed by atoms with van der Waals surface area (Å²) in [5.41, 5.74) is 6.08. The van der Waals surface area contributed by atoms with Crippen LogP contribution in [0.3, 0.4) is 0 Å². The van der Waals surface area contributed by atoms with Crippen LogP contribution < -0.4 is 27.2 Å². The molecular weight excluding hydrogens is 328 g/mol. The summed E-state index contributed by atoms with van der Waals surface area (Å²) in [5.74, 6) is -0.726. The monoisotopic (exact) mass is 344 g/mol. The zero-order valence-electron chi connectivity index (χ0n) is 13.0. The first-order valence-corrected chi connectivity index (χ1v) is 7.44. The highest BCUT2D eigenvalue weighted by molar-refractivity contribution is 5.98. The van der Waals surface area contributed by atoms with Gasteiger partial charge in [0.15, 0.2) is 12.1 Å². The second-order valence-corrected chi connectivity index (χ2v) is 5.50. The van der Waals surface area contributed by atoms with Crippen molar-refractivity contribution in [2.45, 2.75) is 6.04 Å². The zero-order valence-corrected chi connectivity index (χ0v) is 13.0. The number of nitrogens with zero attached hydrogens (tertiary/aromatic N) is 1. The van der Waals surface area contributed by atoms with Crippen LogP contribution in [0.15, 0.2) is 23.0 Å². The van der Waals surface area contributed by atoms with Gasteiger partial charge < -0.3 is 26.8 Å². The maximum Gasteiger partial charge on any atom is 0.336 e. The van der Waals surface area contributed by atoms with Gasteiger partial charge in [-0.05, 0) is 18.2 Å². The minimum atomic E-state index is -1.16. The average Bonchev–Trinajstić information content (AvgIpc) is 2.59. The van der Waals surface area contributed by atoms with E-state index in [0.717, 1.165) is 0 Å². The maximum absolute atomic E-state index is 11.9. The second kappa shape index (κ2) is 6.51. The van der Waals surface area contributed by atoms with Gasteiger partial charge in [-0.25, -0.2) is 4.79 Å². The van der Waals surface area contributed by atoms with Crippen LogP contribution in [0.4, 0.5) is 23.1 Å². The smallest absolute Gasteiger partial charge is 0.336 e. The Labute approximate surface area is 141 Å². The van der Waals surface area contributed by atoms with E-state index < -0.39 is 5.97 Å². The topological polar surface area (TPSA) is 162 Å². The molecule has 2 aromatic rings. The Morgan fingerprint density at radius 3 is 3.00 bits per heavy atom. The third kappa shape index (κ3) is 3.37. The number of nitrogens with two attached hydrogens (primary N) is 1. The number of nitrogens with one attached hydrogen (secondary N) is 4. The fourth-order valence-corrected chi connectivity index (χ4v) is 2.56. The predicted molar refractivity (Wildman–Crippen MR) is 92.4 cm³/mol. The van der Waals surface area contributed by atoms with Crippen LogP contribution in [-0.4, -0.2) is 46.5 Å². The summed E-state index contributed by atoms with van der Waals surface area (Å²) in [6.45, 7) is 0.935. The Morgan fingerprint density at radius 2 is 2.28 bits per heavy atom. The molecule has 0 amide bonds. The number of anilines is 4. The largest absolute Gasteiger partial charge is 0.478 e. The Bertz CT molecular complexity index is 894. The maximum atomic E-state index is 11.9. The number of hydrogen-bond donors (Lipinski definition) is 6. The number of fused-ring (bicyclic) bond motifs is 1. The van der Waals surface area contributed by atoms with Crippen LogP contribution in [0.25, 0.3) is 0 Å². The molecule has 1 aliphatic heterocycles. The van der Waals surface area contributed by atoms with Gasteiger partial charge in [-0.2, -0.15) is 4.98 Å². The number of aromatic amines is 1. The Morgan fingerprint density at radius 1 is 1.48 bits per heavy atom. The SMILES string of the molecule is Nc1nc2c(c(=O)[nH]1)NC(CNc1ccc(C(=O)O)c(C=O)c1)CN2. The summed E-state index contributed by atoms with van der Waals surface area (Å²) in [5, 5.41) is 18.2. The normalized spacial score (nSPS) is 15.4. The van der Waals surface area contributed by atoms with Crippen molar-refractivity contribution >= 4 is 35.4 Å². The Kier molecular flexibility index (Phi) is 4.25. The van der Waals surface area contributed by atoms with Gasteiger partial charge in [-0.3, -0.25) is 14.6 Å². The number of carboxylic acid groups (broad SMARTS) is 1. The van der Waals surface area contributed by atoms with Crippen LogP contribution in [0.5, 0.6) is 0 Å². The fraction of sp³-hybridized carbons (Fsp3) is 0.200. The van der Waals surface area contributed by atoms with E-state index in [1.54, 1.807) is 6.07 Å². The molecule has 0 spiro atoms. The standard InChI is InChI=1S/C15H16N6O4/c16-15-20-12-11(13(23)21-15)19-9(5-18-12)4-17-8-1-2-10(14(24)25)7(3-8)6-22/h1-3,6,9,17,19H,4-5H2,(H,24,25)(H4,16,18,20,21,23). The molecule has 7 N–H and O–H groups in total. The van der Waals surface area contributed by atoms with Crippen LogP contribution >= 0.6 is 0 Å². The van der Waals surface area contributed by atoms with Gasteiger partial charge in [0.25, 0.3) is 5.56 Å². The number of aldehydes is 1. The van der Waals surface area contributed by atoms with Crippen molar-refractivity contribution in [3.05, 3.63) is 39.7 Å². The van der Waals surface area contributed by atoms with E-state index in [9.17, 15) is 14.4 Å². The minimum Gasteiger partial charge on any atom is -0.478 e. The number of hydrogen-bond acceptors (Lipinski definition) is 8. The van der Waals surface area contributed by atoms with E-state index in [1.807, 2.05) is 0 Å². The molecule has 10 heteroatoms. The molecule has 1 aromatic carbocycles. The lowest BCUT2D eigenvalue weighted by molar-refractivity contribution is 0.0694. The third-order valence-corrected chi connectivity index (χ3v) is 3.76. The number of rotatable bonds is 5. The molecule has 1 aromatic heterocycles. The van der Waals surface area contributed by atoms with Crippen molar-refractivity contribution in [1.82, 2.24) is 9.97 Å². The summed E-state index contributed by atoms with van der Waals surface area (Å²) < 4.78 is 0. The third-order valence-electron chi connectivity index (χ3n) is 3.76. The van der Waals surface area contributed by atoms with Crippen LogP contribution in [0.1, 0.15) is 20.7 Å². The summed E-state index contributed by atoms with van der Waals surface area (Å²) in [6, 6.07) is 4.29. The molecule has 1 aliphatic rings. The molecule has 2 heterocycles. The lowest BCUT2D eigenvalue weighted by atomic mass is 10.1.